The van der Waals surface area contributed by atoms with Crippen molar-refractivity contribution in [2.24, 2.45) is 5.10 Å². The second-order valence-electron chi connectivity index (χ2n) is 6.04. The average molecular weight is 387 g/mol. The monoisotopic (exact) mass is 387 g/mol. The Morgan fingerprint density at radius 1 is 1.04 bits per heavy atom. The minimum atomic E-state index is -0.178. The highest BCUT2D eigenvalue weighted by Gasteiger charge is 2.07. The van der Waals surface area contributed by atoms with Crippen molar-refractivity contribution in [3.05, 3.63) is 90.3 Å². The van der Waals surface area contributed by atoms with E-state index in [1.807, 2.05) is 66.7 Å². The van der Waals surface area contributed by atoms with Gasteiger partial charge in [0.1, 0.15) is 10.8 Å². The van der Waals surface area contributed by atoms with Crippen LogP contribution in [0.4, 0.5) is 0 Å². The van der Waals surface area contributed by atoms with E-state index in [4.69, 9.17) is 4.42 Å². The van der Waals surface area contributed by atoms with Crippen molar-refractivity contribution in [3.63, 3.8) is 0 Å². The molecule has 0 unspecified atom stereocenters. The minimum absolute atomic E-state index is 0.178. The number of hydrogen-bond donors (Lipinski definition) is 1. The van der Waals surface area contributed by atoms with Crippen LogP contribution in [0.25, 0.3) is 10.8 Å². The molecule has 1 N–H and O–H groups in total. The predicted molar refractivity (Wildman–Crippen MR) is 110 cm³/mol. The maximum Gasteiger partial charge on any atom is 0.244 e. The van der Waals surface area contributed by atoms with E-state index in [2.05, 4.69) is 15.5 Å². The summed E-state index contributed by atoms with van der Waals surface area (Å²) in [7, 11) is 0. The van der Waals surface area contributed by atoms with Gasteiger partial charge in [-0.25, -0.2) is 10.4 Å². The zero-order valence-electron chi connectivity index (χ0n) is 14.9. The van der Waals surface area contributed by atoms with Gasteiger partial charge in [0.2, 0.25) is 5.91 Å². The molecule has 0 aliphatic carbocycles. The van der Waals surface area contributed by atoms with Crippen LogP contribution in [0.15, 0.2) is 98.6 Å². The summed E-state index contributed by atoms with van der Waals surface area (Å²) in [4.78, 5) is 16.5. The average Bonchev–Trinajstić information content (AvgIpc) is 3.16. The van der Waals surface area contributed by atoms with Crippen molar-refractivity contribution in [2.45, 2.75) is 16.5 Å². The first-order chi connectivity index (χ1) is 13.8. The number of pyridine rings is 1. The number of fused-ring (bicyclic) bond motifs is 1. The first-order valence-corrected chi connectivity index (χ1v) is 9.57. The summed E-state index contributed by atoms with van der Waals surface area (Å²) in [5.74, 6) is 0.381. The molecule has 138 valence electrons. The SMILES string of the molecule is O=C(Cc1cccc2ccccc12)N/N=C\c1ccc(Sc2ccccn2)o1. The molecule has 0 atom stereocenters. The molecule has 0 saturated carbocycles. The number of carbonyl (C=O) groups is 1. The van der Waals surface area contributed by atoms with Crippen molar-refractivity contribution in [1.82, 2.24) is 10.4 Å². The van der Waals surface area contributed by atoms with E-state index >= 15 is 0 Å². The van der Waals surface area contributed by atoms with E-state index < -0.39 is 0 Å². The Balaban J connectivity index is 1.35. The number of benzene rings is 2. The fourth-order valence-electron chi connectivity index (χ4n) is 2.80. The maximum atomic E-state index is 12.2. The molecule has 2 aromatic carbocycles. The smallest absolute Gasteiger partial charge is 0.244 e. The van der Waals surface area contributed by atoms with Crippen LogP contribution < -0.4 is 5.43 Å². The number of amides is 1. The van der Waals surface area contributed by atoms with Gasteiger partial charge in [0.05, 0.1) is 12.6 Å². The molecule has 6 heteroatoms. The highest BCUT2D eigenvalue weighted by atomic mass is 32.2. The van der Waals surface area contributed by atoms with Gasteiger partial charge in [0, 0.05) is 6.20 Å². The van der Waals surface area contributed by atoms with Crippen LogP contribution in [0.3, 0.4) is 0 Å². The summed E-state index contributed by atoms with van der Waals surface area (Å²) in [5, 5.41) is 7.75. The summed E-state index contributed by atoms with van der Waals surface area (Å²) in [6.45, 7) is 0. The molecule has 0 aliphatic rings. The second-order valence-corrected chi connectivity index (χ2v) is 7.06. The van der Waals surface area contributed by atoms with E-state index in [0.29, 0.717) is 10.9 Å². The minimum Gasteiger partial charge on any atom is -0.448 e. The zero-order valence-corrected chi connectivity index (χ0v) is 15.7. The van der Waals surface area contributed by atoms with Crippen molar-refractivity contribution in [3.8, 4) is 0 Å². The number of furan rings is 1. The first kappa shape index (κ1) is 18.0. The zero-order chi connectivity index (χ0) is 19.2. The number of nitrogens with one attached hydrogen (secondary N) is 1. The molecule has 4 rings (SSSR count). The van der Waals surface area contributed by atoms with Crippen molar-refractivity contribution in [2.75, 3.05) is 0 Å². The van der Waals surface area contributed by atoms with Crippen LogP contribution in [-0.4, -0.2) is 17.1 Å². The Kier molecular flexibility index (Phi) is 5.49. The number of aromatic nitrogens is 1. The molecule has 4 aromatic rings. The lowest BCUT2D eigenvalue weighted by molar-refractivity contribution is -0.120. The van der Waals surface area contributed by atoms with Gasteiger partial charge in [0.25, 0.3) is 0 Å². The number of carbonyl (C=O) groups excluding carboxylic acids is 1. The molecule has 0 radical (unpaired) electrons. The Hall–Kier alpha value is -3.38. The van der Waals surface area contributed by atoms with Crippen LogP contribution in [0.2, 0.25) is 0 Å². The Labute approximate surface area is 166 Å². The molecule has 1 amide bonds. The molecule has 5 nitrogen and oxygen atoms in total. The quantitative estimate of drug-likeness (QED) is 0.386. The molecular formula is C22H17N3O2S. The lowest BCUT2D eigenvalue weighted by Gasteiger charge is -2.05. The molecule has 0 spiro atoms. The normalized spacial score (nSPS) is 11.1. The first-order valence-electron chi connectivity index (χ1n) is 8.75. The van der Waals surface area contributed by atoms with Crippen LogP contribution in [0.1, 0.15) is 11.3 Å². The van der Waals surface area contributed by atoms with Crippen molar-refractivity contribution < 1.29 is 9.21 Å². The predicted octanol–water partition coefficient (Wildman–Crippen LogP) is 4.67. The Morgan fingerprint density at radius 2 is 1.89 bits per heavy atom. The molecule has 0 saturated heterocycles. The topological polar surface area (TPSA) is 67.5 Å². The lowest BCUT2D eigenvalue weighted by atomic mass is 10.0. The molecule has 2 aromatic heterocycles. The van der Waals surface area contributed by atoms with Crippen LogP contribution in [0, 0.1) is 0 Å². The molecule has 0 aliphatic heterocycles. The van der Waals surface area contributed by atoms with Crippen molar-refractivity contribution in [1.29, 1.82) is 0 Å². The third kappa shape index (κ3) is 4.47. The van der Waals surface area contributed by atoms with Crippen molar-refractivity contribution >= 4 is 34.7 Å². The van der Waals surface area contributed by atoms with E-state index in [0.717, 1.165) is 21.4 Å². The summed E-state index contributed by atoms with van der Waals surface area (Å²) in [5.41, 5.74) is 3.52. The molecular weight excluding hydrogens is 370 g/mol. The molecule has 28 heavy (non-hydrogen) atoms. The van der Waals surface area contributed by atoms with Gasteiger partial charge in [-0.1, -0.05) is 48.5 Å². The van der Waals surface area contributed by atoms with E-state index in [9.17, 15) is 4.79 Å². The van der Waals surface area contributed by atoms with E-state index in [-0.39, 0.29) is 12.3 Å². The number of hydrazone groups is 1. The van der Waals surface area contributed by atoms with Gasteiger partial charge in [0.15, 0.2) is 5.09 Å². The molecule has 0 fully saturated rings. The van der Waals surface area contributed by atoms with Gasteiger partial charge in [-0.3, -0.25) is 4.79 Å². The highest BCUT2D eigenvalue weighted by Crippen LogP contribution is 2.26. The molecule has 2 heterocycles. The van der Waals surface area contributed by atoms with Crippen LogP contribution >= 0.6 is 11.8 Å². The fourth-order valence-corrected chi connectivity index (χ4v) is 3.54. The molecule has 0 bridgehead atoms. The largest absolute Gasteiger partial charge is 0.448 e. The Morgan fingerprint density at radius 3 is 2.79 bits per heavy atom. The number of nitrogens with zero attached hydrogens (tertiary/aromatic N) is 2. The van der Waals surface area contributed by atoms with Gasteiger partial charge in [-0.15, -0.1) is 0 Å². The van der Waals surface area contributed by atoms with Gasteiger partial charge in [-0.05, 0) is 52.4 Å². The highest BCUT2D eigenvalue weighted by molar-refractivity contribution is 7.99. The van der Waals surface area contributed by atoms with Gasteiger partial charge >= 0.3 is 0 Å². The third-order valence-electron chi connectivity index (χ3n) is 4.06. The summed E-state index contributed by atoms with van der Waals surface area (Å²) < 4.78 is 5.67. The Bertz CT molecular complexity index is 1120. The van der Waals surface area contributed by atoms with Crippen LogP contribution in [0.5, 0.6) is 0 Å². The van der Waals surface area contributed by atoms with E-state index in [1.165, 1.54) is 18.0 Å². The third-order valence-corrected chi connectivity index (χ3v) is 4.93. The number of rotatable bonds is 6. The fraction of sp³-hybridized carbons (Fsp3) is 0.0455. The summed E-state index contributed by atoms with van der Waals surface area (Å²) >= 11 is 1.42. The summed E-state index contributed by atoms with van der Waals surface area (Å²) in [6, 6.07) is 23.3. The number of hydrogen-bond acceptors (Lipinski definition) is 5. The lowest BCUT2D eigenvalue weighted by Crippen LogP contribution is -2.19. The van der Waals surface area contributed by atoms with Gasteiger partial charge in [-0.2, -0.15) is 5.10 Å². The van der Waals surface area contributed by atoms with Crippen LogP contribution in [-0.2, 0) is 11.2 Å². The standard InChI is InChI=1S/C22H17N3O2S/c26-20(14-17-8-5-7-16-6-1-2-9-19(16)17)25-24-15-18-11-12-22(27-18)28-21-10-3-4-13-23-21/h1-13,15H,14H2,(H,25,26)/b24-15-. The van der Waals surface area contributed by atoms with E-state index in [1.54, 1.807) is 12.3 Å². The second kappa shape index (κ2) is 8.54. The maximum absolute atomic E-state index is 12.2. The summed E-state index contributed by atoms with van der Waals surface area (Å²) in [6.07, 6.45) is 3.49. The van der Waals surface area contributed by atoms with Gasteiger partial charge < -0.3 is 4.42 Å².